The van der Waals surface area contributed by atoms with Gasteiger partial charge in [0.25, 0.3) is 0 Å². The molecule has 0 N–H and O–H groups in total. The molecule has 0 radical (unpaired) electrons. The highest BCUT2D eigenvalue weighted by Gasteiger charge is 2.53. The maximum atomic E-state index is 2.51. The third-order valence-corrected chi connectivity index (χ3v) is 17.9. The first-order valence-corrected chi connectivity index (χ1v) is 21.9. The first-order chi connectivity index (χ1) is 28.3. The topological polar surface area (TPSA) is 9.86 Å². The second-order valence-corrected chi connectivity index (χ2v) is 19.3. The number of rotatable bonds is 3. The Morgan fingerprint density at radius 3 is 1.35 bits per heavy atom. The number of benzene rings is 9. The van der Waals surface area contributed by atoms with Crippen molar-refractivity contribution in [3.05, 3.63) is 206 Å². The van der Waals surface area contributed by atoms with Gasteiger partial charge in [0.2, 0.25) is 0 Å². The summed E-state index contributed by atoms with van der Waals surface area (Å²) in [6.45, 7) is 0. The van der Waals surface area contributed by atoms with E-state index >= 15 is 0 Å². The average Bonchev–Trinajstić information content (AvgIpc) is 3.99. The van der Waals surface area contributed by atoms with Crippen molar-refractivity contribution in [1.82, 2.24) is 9.13 Å². The van der Waals surface area contributed by atoms with Crippen LogP contribution in [0.15, 0.2) is 206 Å². The molecule has 0 saturated heterocycles. The first-order valence-electron chi connectivity index (χ1n) is 19.9. The molecule has 2 nitrogen and oxygen atoms in total. The average molecular weight is 739 g/mol. The first kappa shape index (κ1) is 31.0. The van der Waals surface area contributed by atoms with Crippen LogP contribution in [-0.2, 0) is 0 Å². The molecule has 264 valence electrons. The number of para-hydroxylation sites is 3. The SMILES string of the molecule is c1ccc(-n2c3ccccc3c3ccc4c5ccccc5n(-c5cccc(-c6ccc7c(c6)-c6ccccc6[Si]76c7ccccc7-c7ccccc76)c5)c4c32)cc1. The van der Waals surface area contributed by atoms with Gasteiger partial charge >= 0.3 is 0 Å². The Balaban J connectivity index is 1.06. The van der Waals surface area contributed by atoms with Gasteiger partial charge in [0.15, 0.2) is 8.07 Å². The molecule has 2 aliphatic rings. The summed E-state index contributed by atoms with van der Waals surface area (Å²) in [5.41, 5.74) is 15.2. The molecule has 0 bridgehead atoms. The van der Waals surface area contributed by atoms with Gasteiger partial charge in [-0.1, -0.05) is 164 Å². The Labute approximate surface area is 331 Å². The van der Waals surface area contributed by atoms with E-state index in [1.165, 1.54) is 97.7 Å². The van der Waals surface area contributed by atoms with Crippen molar-refractivity contribution in [2.24, 2.45) is 0 Å². The lowest BCUT2D eigenvalue weighted by molar-refractivity contribution is 1.15. The van der Waals surface area contributed by atoms with Crippen LogP contribution < -0.4 is 20.7 Å². The van der Waals surface area contributed by atoms with Crippen LogP contribution in [-0.4, -0.2) is 17.2 Å². The molecule has 11 aromatic rings. The van der Waals surface area contributed by atoms with E-state index in [9.17, 15) is 0 Å². The molecule has 0 amide bonds. The van der Waals surface area contributed by atoms with Gasteiger partial charge < -0.3 is 9.13 Å². The van der Waals surface area contributed by atoms with Crippen LogP contribution in [0.4, 0.5) is 0 Å². The van der Waals surface area contributed by atoms with Crippen molar-refractivity contribution in [3.8, 4) is 44.8 Å². The monoisotopic (exact) mass is 738 g/mol. The van der Waals surface area contributed by atoms with E-state index < -0.39 is 8.07 Å². The van der Waals surface area contributed by atoms with Crippen molar-refractivity contribution in [2.45, 2.75) is 0 Å². The minimum absolute atomic E-state index is 1.15. The zero-order valence-corrected chi connectivity index (χ0v) is 32.0. The Kier molecular flexibility index (Phi) is 6.22. The summed E-state index contributed by atoms with van der Waals surface area (Å²) in [5.74, 6) is 0. The van der Waals surface area contributed by atoms with Crippen LogP contribution in [0.1, 0.15) is 0 Å². The predicted molar refractivity (Wildman–Crippen MR) is 242 cm³/mol. The third kappa shape index (κ3) is 3.98. The molecule has 0 atom stereocenters. The fraction of sp³-hybridized carbons (Fsp3) is 0. The van der Waals surface area contributed by atoms with Gasteiger partial charge in [0.1, 0.15) is 0 Å². The highest BCUT2D eigenvalue weighted by molar-refractivity contribution is 7.24. The summed E-state index contributed by atoms with van der Waals surface area (Å²) in [6, 6.07) is 77.3. The Hall–Kier alpha value is -7.20. The molecule has 9 aromatic carbocycles. The molecule has 0 fully saturated rings. The predicted octanol–water partition coefficient (Wildman–Crippen LogP) is 10.9. The molecule has 3 heteroatoms. The molecule has 2 aromatic heterocycles. The lowest BCUT2D eigenvalue weighted by Gasteiger charge is -2.27. The van der Waals surface area contributed by atoms with Crippen molar-refractivity contribution in [3.63, 3.8) is 0 Å². The Bertz CT molecular complexity index is 3430. The fourth-order valence-corrected chi connectivity index (χ4v) is 16.3. The van der Waals surface area contributed by atoms with E-state index in [2.05, 4.69) is 215 Å². The summed E-state index contributed by atoms with van der Waals surface area (Å²) in [6.07, 6.45) is 0. The molecule has 13 rings (SSSR count). The van der Waals surface area contributed by atoms with E-state index in [4.69, 9.17) is 0 Å². The van der Waals surface area contributed by atoms with E-state index in [1.54, 1.807) is 0 Å². The Morgan fingerprint density at radius 2 is 0.737 bits per heavy atom. The van der Waals surface area contributed by atoms with Crippen molar-refractivity contribution in [1.29, 1.82) is 0 Å². The van der Waals surface area contributed by atoms with E-state index in [0.717, 1.165) is 11.4 Å². The Morgan fingerprint density at radius 1 is 0.281 bits per heavy atom. The number of hydrogen-bond acceptors (Lipinski definition) is 0. The van der Waals surface area contributed by atoms with E-state index in [-0.39, 0.29) is 0 Å². The third-order valence-electron chi connectivity index (χ3n) is 12.9. The lowest BCUT2D eigenvalue weighted by atomic mass is 9.99. The van der Waals surface area contributed by atoms with E-state index in [1.807, 2.05) is 0 Å². The molecule has 0 unspecified atom stereocenters. The van der Waals surface area contributed by atoms with Crippen molar-refractivity contribution in [2.75, 3.05) is 0 Å². The second-order valence-electron chi connectivity index (χ2n) is 15.6. The van der Waals surface area contributed by atoms with Crippen LogP contribution in [0.2, 0.25) is 0 Å². The summed E-state index contributed by atoms with van der Waals surface area (Å²) in [7, 11) is -2.47. The quantitative estimate of drug-likeness (QED) is 0.160. The summed E-state index contributed by atoms with van der Waals surface area (Å²) < 4.78 is 4.97. The summed E-state index contributed by atoms with van der Waals surface area (Å²) in [5, 5.41) is 11.1. The van der Waals surface area contributed by atoms with Crippen molar-refractivity contribution >= 4 is 72.4 Å². The van der Waals surface area contributed by atoms with Gasteiger partial charge in [0.05, 0.1) is 22.1 Å². The largest absolute Gasteiger partial charge is 0.307 e. The normalized spacial score (nSPS) is 13.4. The standard InChI is InChI=1S/C54H34N2Si/c1-2-16-37(17-3-1)55-47-24-9-4-19-39(47)44-30-31-45-40-20-5-10-25-48(40)56(54(45)53(44)55)38-18-14-15-35(33-38)36-29-32-52-46(34-36)43-23-8-13-28-51(43)57(52)49-26-11-6-21-41(49)42-22-7-12-27-50(42)57/h1-34H. The maximum Gasteiger partial charge on any atom is 0.182 e. The highest BCUT2D eigenvalue weighted by Crippen LogP contribution is 2.43. The van der Waals surface area contributed by atoms with Gasteiger partial charge in [0, 0.05) is 32.9 Å². The maximum absolute atomic E-state index is 2.51. The number of aromatic nitrogens is 2. The van der Waals surface area contributed by atoms with E-state index in [0.29, 0.717) is 0 Å². The number of fused-ring (bicyclic) bond motifs is 17. The smallest absolute Gasteiger partial charge is 0.182 e. The van der Waals surface area contributed by atoms with Gasteiger partial charge in [-0.2, -0.15) is 0 Å². The summed E-state index contributed by atoms with van der Waals surface area (Å²) >= 11 is 0. The minimum Gasteiger partial charge on any atom is -0.307 e. The molecule has 1 spiro atoms. The minimum atomic E-state index is -2.47. The van der Waals surface area contributed by atoms with Gasteiger partial charge in [-0.25, -0.2) is 0 Å². The summed E-state index contributed by atoms with van der Waals surface area (Å²) in [4.78, 5) is 0. The molecule has 0 aliphatic carbocycles. The van der Waals surface area contributed by atoms with Crippen LogP contribution in [0.3, 0.4) is 0 Å². The fourth-order valence-electron chi connectivity index (χ4n) is 10.7. The van der Waals surface area contributed by atoms with Gasteiger partial charge in [-0.15, -0.1) is 0 Å². The van der Waals surface area contributed by atoms with Crippen molar-refractivity contribution < 1.29 is 0 Å². The van der Waals surface area contributed by atoms with Crippen LogP contribution in [0.25, 0.3) is 88.4 Å². The zero-order chi connectivity index (χ0) is 37.2. The number of nitrogens with zero attached hydrogens (tertiary/aromatic N) is 2. The van der Waals surface area contributed by atoms with Crippen LogP contribution in [0, 0.1) is 0 Å². The zero-order valence-electron chi connectivity index (χ0n) is 31.0. The van der Waals surface area contributed by atoms with Crippen LogP contribution in [0.5, 0.6) is 0 Å². The molecular formula is C54H34N2Si. The molecular weight excluding hydrogens is 705 g/mol. The van der Waals surface area contributed by atoms with Gasteiger partial charge in [-0.3, -0.25) is 0 Å². The number of hydrogen-bond donors (Lipinski definition) is 0. The highest BCUT2D eigenvalue weighted by atomic mass is 28.3. The molecule has 57 heavy (non-hydrogen) atoms. The molecule has 0 saturated carbocycles. The second kappa shape index (κ2) is 11.4. The molecule has 4 heterocycles. The lowest BCUT2D eigenvalue weighted by Crippen LogP contribution is -2.70. The molecule has 2 aliphatic heterocycles. The van der Waals surface area contributed by atoms with Gasteiger partial charge in [-0.05, 0) is 96.6 Å². The van der Waals surface area contributed by atoms with Crippen LogP contribution >= 0.6 is 0 Å².